The molecule has 7 heteroatoms. The highest BCUT2D eigenvalue weighted by molar-refractivity contribution is 5.75. The maximum atomic E-state index is 12.9. The van der Waals surface area contributed by atoms with E-state index in [1.165, 1.54) is 29.1 Å². The van der Waals surface area contributed by atoms with Gasteiger partial charge in [0.2, 0.25) is 5.91 Å². The second kappa shape index (κ2) is 8.94. The van der Waals surface area contributed by atoms with Gasteiger partial charge in [-0.25, -0.2) is 9.37 Å². The van der Waals surface area contributed by atoms with Gasteiger partial charge in [-0.3, -0.25) is 14.2 Å². The molecule has 3 rings (SSSR count). The fourth-order valence-electron chi connectivity index (χ4n) is 2.60. The van der Waals surface area contributed by atoms with Crippen molar-refractivity contribution in [3.05, 3.63) is 82.7 Å². The second-order valence-corrected chi connectivity index (χ2v) is 6.10. The van der Waals surface area contributed by atoms with Crippen LogP contribution in [0.15, 0.2) is 65.7 Å². The van der Waals surface area contributed by atoms with E-state index in [1.807, 2.05) is 31.2 Å². The zero-order valence-corrected chi connectivity index (χ0v) is 15.4. The molecule has 0 bridgehead atoms. The largest absolute Gasteiger partial charge is 0.494 e. The highest BCUT2D eigenvalue weighted by atomic mass is 19.1. The van der Waals surface area contributed by atoms with Gasteiger partial charge in [0.1, 0.15) is 18.1 Å². The lowest BCUT2D eigenvalue weighted by molar-refractivity contribution is -0.121. The fraction of sp³-hybridized carbons (Fsp3) is 0.190. The predicted molar refractivity (Wildman–Crippen MR) is 103 cm³/mol. The normalized spacial score (nSPS) is 10.5. The maximum Gasteiger partial charge on any atom is 0.254 e. The first-order valence-electron chi connectivity index (χ1n) is 8.86. The van der Waals surface area contributed by atoms with Crippen LogP contribution in [0.2, 0.25) is 0 Å². The van der Waals surface area contributed by atoms with E-state index >= 15 is 0 Å². The molecule has 1 amide bonds. The Bertz CT molecular complexity index is 999. The molecule has 1 heterocycles. The Kier molecular flexibility index (Phi) is 6.16. The maximum absolute atomic E-state index is 12.9. The summed E-state index contributed by atoms with van der Waals surface area (Å²) in [5.41, 5.74) is 1.76. The summed E-state index contributed by atoms with van der Waals surface area (Å²) in [4.78, 5) is 28.6. The van der Waals surface area contributed by atoms with Gasteiger partial charge in [0.25, 0.3) is 5.56 Å². The van der Waals surface area contributed by atoms with Crippen LogP contribution in [0.5, 0.6) is 5.75 Å². The summed E-state index contributed by atoms with van der Waals surface area (Å²) in [6.45, 7) is 2.60. The van der Waals surface area contributed by atoms with Crippen molar-refractivity contribution in [3.8, 4) is 17.0 Å². The minimum Gasteiger partial charge on any atom is -0.494 e. The van der Waals surface area contributed by atoms with E-state index in [2.05, 4.69) is 10.3 Å². The Labute approximate surface area is 161 Å². The van der Waals surface area contributed by atoms with Gasteiger partial charge in [0.05, 0.1) is 18.6 Å². The third kappa shape index (κ3) is 5.03. The third-order valence-electron chi connectivity index (χ3n) is 4.06. The van der Waals surface area contributed by atoms with Crippen molar-refractivity contribution in [1.82, 2.24) is 14.9 Å². The van der Waals surface area contributed by atoms with Gasteiger partial charge < -0.3 is 10.1 Å². The lowest BCUT2D eigenvalue weighted by atomic mass is 10.1. The molecular formula is C21H20FN3O3. The SMILES string of the molecule is CCOc1ccc(-c2cc(=O)n(CC(=O)NCc3ccc(F)cc3)cn2)cc1. The Morgan fingerprint density at radius 1 is 1.14 bits per heavy atom. The van der Waals surface area contributed by atoms with E-state index < -0.39 is 0 Å². The van der Waals surface area contributed by atoms with Gasteiger partial charge in [-0.2, -0.15) is 0 Å². The first-order chi connectivity index (χ1) is 13.5. The zero-order chi connectivity index (χ0) is 19.9. The minimum atomic E-state index is -0.333. The number of hydrogen-bond donors (Lipinski definition) is 1. The molecule has 1 aromatic heterocycles. The molecule has 2 aromatic carbocycles. The minimum absolute atomic E-state index is 0.142. The van der Waals surface area contributed by atoms with Gasteiger partial charge in [0.15, 0.2) is 0 Å². The number of benzene rings is 2. The average molecular weight is 381 g/mol. The number of ether oxygens (including phenoxy) is 1. The zero-order valence-electron chi connectivity index (χ0n) is 15.4. The van der Waals surface area contributed by atoms with Gasteiger partial charge in [-0.15, -0.1) is 0 Å². The van der Waals surface area contributed by atoms with E-state index in [4.69, 9.17) is 4.74 Å². The molecule has 0 aliphatic rings. The van der Waals surface area contributed by atoms with Crippen LogP contribution >= 0.6 is 0 Å². The molecule has 0 aliphatic heterocycles. The van der Waals surface area contributed by atoms with Gasteiger partial charge >= 0.3 is 0 Å². The second-order valence-electron chi connectivity index (χ2n) is 6.10. The van der Waals surface area contributed by atoms with Crippen LogP contribution in [-0.2, 0) is 17.9 Å². The monoisotopic (exact) mass is 381 g/mol. The Morgan fingerprint density at radius 3 is 2.50 bits per heavy atom. The summed E-state index contributed by atoms with van der Waals surface area (Å²) in [6.07, 6.45) is 1.35. The first-order valence-corrected chi connectivity index (χ1v) is 8.86. The van der Waals surface area contributed by atoms with Crippen LogP contribution in [0.3, 0.4) is 0 Å². The molecule has 0 atom stereocenters. The number of nitrogens with one attached hydrogen (secondary N) is 1. The summed E-state index contributed by atoms with van der Waals surface area (Å²) in [5.74, 6) is 0.0831. The predicted octanol–water partition coefficient (Wildman–Crippen LogP) is 2.76. The summed E-state index contributed by atoms with van der Waals surface area (Å²) >= 11 is 0. The number of carbonyl (C=O) groups is 1. The number of rotatable bonds is 7. The van der Waals surface area contributed by atoms with Crippen molar-refractivity contribution < 1.29 is 13.9 Å². The summed E-state index contributed by atoms with van der Waals surface area (Å²) in [6, 6.07) is 14.5. The molecule has 0 saturated carbocycles. The van der Waals surface area contributed by atoms with E-state index in [0.29, 0.717) is 12.3 Å². The summed E-state index contributed by atoms with van der Waals surface area (Å²) < 4.78 is 19.5. The lowest BCUT2D eigenvalue weighted by Gasteiger charge is -2.09. The van der Waals surface area contributed by atoms with Crippen LogP contribution in [0.4, 0.5) is 4.39 Å². The molecule has 0 saturated heterocycles. The molecule has 6 nitrogen and oxygen atoms in total. The first kappa shape index (κ1) is 19.3. The van der Waals surface area contributed by atoms with Crippen LogP contribution in [0.1, 0.15) is 12.5 Å². The molecule has 1 N–H and O–H groups in total. The van der Waals surface area contributed by atoms with Crippen molar-refractivity contribution >= 4 is 5.91 Å². The van der Waals surface area contributed by atoms with Crippen molar-refractivity contribution in [2.45, 2.75) is 20.0 Å². The molecule has 28 heavy (non-hydrogen) atoms. The molecular weight excluding hydrogens is 361 g/mol. The van der Waals surface area contributed by atoms with Crippen LogP contribution in [-0.4, -0.2) is 22.1 Å². The molecule has 0 unspecified atom stereocenters. The fourth-order valence-corrected chi connectivity index (χ4v) is 2.60. The molecule has 144 valence electrons. The topological polar surface area (TPSA) is 73.2 Å². The standard InChI is InChI=1S/C21H20FN3O3/c1-2-28-18-9-5-16(6-10-18)19-11-21(27)25(14-24-19)13-20(26)23-12-15-3-7-17(22)8-4-15/h3-11,14H,2,12-13H2,1H3,(H,23,26). The van der Waals surface area contributed by atoms with Crippen molar-refractivity contribution in [2.24, 2.45) is 0 Å². The molecule has 3 aromatic rings. The van der Waals surface area contributed by atoms with Gasteiger partial charge in [-0.1, -0.05) is 12.1 Å². The number of amides is 1. The molecule has 0 aliphatic carbocycles. The number of aromatic nitrogens is 2. The van der Waals surface area contributed by atoms with E-state index in [0.717, 1.165) is 16.9 Å². The Hall–Kier alpha value is -3.48. The number of carbonyl (C=O) groups excluding carboxylic acids is 1. The van der Waals surface area contributed by atoms with Crippen LogP contribution < -0.4 is 15.6 Å². The van der Waals surface area contributed by atoms with Gasteiger partial charge in [0, 0.05) is 18.2 Å². The van der Waals surface area contributed by atoms with Crippen LogP contribution in [0.25, 0.3) is 11.3 Å². The Balaban J connectivity index is 1.62. The highest BCUT2D eigenvalue weighted by Crippen LogP contribution is 2.19. The van der Waals surface area contributed by atoms with Gasteiger partial charge in [-0.05, 0) is 48.9 Å². The van der Waals surface area contributed by atoms with Crippen LogP contribution in [0, 0.1) is 5.82 Å². The van der Waals surface area contributed by atoms with Crippen molar-refractivity contribution in [1.29, 1.82) is 0 Å². The number of nitrogens with zero attached hydrogens (tertiary/aromatic N) is 2. The molecule has 0 radical (unpaired) electrons. The molecule has 0 spiro atoms. The quantitative estimate of drug-likeness (QED) is 0.683. The Morgan fingerprint density at radius 2 is 1.86 bits per heavy atom. The third-order valence-corrected chi connectivity index (χ3v) is 4.06. The van der Waals surface area contributed by atoms with E-state index in [9.17, 15) is 14.0 Å². The highest BCUT2D eigenvalue weighted by Gasteiger charge is 2.08. The number of halogens is 1. The van der Waals surface area contributed by atoms with E-state index in [-0.39, 0.29) is 30.4 Å². The summed E-state index contributed by atoms with van der Waals surface area (Å²) in [7, 11) is 0. The average Bonchev–Trinajstić information content (AvgIpc) is 2.70. The van der Waals surface area contributed by atoms with Crippen molar-refractivity contribution in [3.63, 3.8) is 0 Å². The summed E-state index contributed by atoms with van der Waals surface area (Å²) in [5, 5.41) is 2.70. The van der Waals surface area contributed by atoms with E-state index in [1.54, 1.807) is 12.1 Å². The smallest absolute Gasteiger partial charge is 0.254 e. The van der Waals surface area contributed by atoms with Crippen molar-refractivity contribution in [2.75, 3.05) is 6.61 Å². The molecule has 0 fully saturated rings. The number of hydrogen-bond acceptors (Lipinski definition) is 4. The lowest BCUT2D eigenvalue weighted by Crippen LogP contribution is -2.31.